The van der Waals surface area contributed by atoms with Crippen molar-refractivity contribution >= 4 is 46.6 Å². The zero-order valence-electron chi connectivity index (χ0n) is 6.34. The summed E-state index contributed by atoms with van der Waals surface area (Å²) < 4.78 is -2.28. The molecule has 0 aliphatic heterocycles. The lowest BCUT2D eigenvalue weighted by Crippen LogP contribution is -2.53. The number of nitrogens with zero attached hydrogens (tertiary/aromatic N) is 1. The summed E-state index contributed by atoms with van der Waals surface area (Å²) in [5.41, 5.74) is 4.79. The molecule has 0 saturated carbocycles. The van der Waals surface area contributed by atoms with Crippen molar-refractivity contribution in [2.24, 2.45) is 5.73 Å². The molecule has 0 aliphatic carbocycles. The van der Waals surface area contributed by atoms with E-state index in [2.05, 4.69) is 0 Å². The molecule has 0 spiro atoms. The predicted molar refractivity (Wildman–Crippen MR) is 48.3 cm³/mol. The molecule has 0 bridgehead atoms. The smallest absolute Gasteiger partial charge is 0.275 e. The van der Waals surface area contributed by atoms with Crippen molar-refractivity contribution < 1.29 is 14.7 Å². The van der Waals surface area contributed by atoms with Crippen LogP contribution >= 0.6 is 34.8 Å². The Morgan fingerprint density at radius 1 is 1.46 bits per heavy atom. The quantitative estimate of drug-likeness (QED) is 0.405. The Morgan fingerprint density at radius 2 is 1.92 bits per heavy atom. The number of carbonyl (C=O) groups is 2. The predicted octanol–water partition coefficient (Wildman–Crippen LogP) is -0.380. The Kier molecular flexibility index (Phi) is 4.77. The van der Waals surface area contributed by atoms with E-state index >= 15 is 0 Å². The number of hydrogen-bond acceptors (Lipinski definition) is 3. The summed E-state index contributed by atoms with van der Waals surface area (Å²) in [5, 5.41) is 8.68. The summed E-state index contributed by atoms with van der Waals surface area (Å²) in [4.78, 5) is 22.1. The minimum absolute atomic E-state index is 0.450. The van der Waals surface area contributed by atoms with E-state index in [0.717, 1.165) is 0 Å². The van der Waals surface area contributed by atoms with E-state index in [0.29, 0.717) is 4.90 Å². The molecule has 5 nitrogen and oxygen atoms in total. The molecule has 13 heavy (non-hydrogen) atoms. The van der Waals surface area contributed by atoms with Gasteiger partial charge in [0.05, 0.1) is 0 Å². The van der Waals surface area contributed by atoms with Crippen molar-refractivity contribution in [1.29, 1.82) is 0 Å². The standard InChI is InChI=1S/C5H7Cl3N2O3/c6-1-3(12)10(2-11)5(7,8)4(9)13/h11H,1-2H2,(H2,9,13). The molecule has 0 aromatic heterocycles. The van der Waals surface area contributed by atoms with E-state index in [1.165, 1.54) is 0 Å². The highest BCUT2D eigenvalue weighted by Gasteiger charge is 2.41. The topological polar surface area (TPSA) is 83.6 Å². The molecule has 0 fully saturated rings. The summed E-state index contributed by atoms with van der Waals surface area (Å²) in [7, 11) is 0. The van der Waals surface area contributed by atoms with Crippen LogP contribution in [0.15, 0.2) is 0 Å². The molecule has 0 saturated heterocycles. The first-order valence-electron chi connectivity index (χ1n) is 3.03. The number of primary amides is 1. The third kappa shape index (κ3) is 2.87. The molecular weight excluding hydrogens is 242 g/mol. The monoisotopic (exact) mass is 248 g/mol. The molecule has 0 rings (SSSR count). The first kappa shape index (κ1) is 12.8. The van der Waals surface area contributed by atoms with Crippen LogP contribution < -0.4 is 5.73 Å². The van der Waals surface area contributed by atoms with E-state index in [4.69, 9.17) is 45.6 Å². The fraction of sp³-hybridized carbons (Fsp3) is 0.600. The van der Waals surface area contributed by atoms with Gasteiger partial charge in [0.25, 0.3) is 10.4 Å². The van der Waals surface area contributed by atoms with Gasteiger partial charge in [0, 0.05) is 0 Å². The van der Waals surface area contributed by atoms with Gasteiger partial charge in [-0.3, -0.25) is 14.5 Å². The van der Waals surface area contributed by atoms with Gasteiger partial charge in [0.2, 0.25) is 5.91 Å². The highest BCUT2D eigenvalue weighted by Crippen LogP contribution is 2.25. The Bertz CT molecular complexity index is 221. The maximum absolute atomic E-state index is 11.0. The molecule has 0 aromatic rings. The number of halogens is 3. The van der Waals surface area contributed by atoms with Gasteiger partial charge in [-0.05, 0) is 0 Å². The zero-order valence-corrected chi connectivity index (χ0v) is 8.60. The van der Waals surface area contributed by atoms with Gasteiger partial charge in [0.1, 0.15) is 12.6 Å². The first-order chi connectivity index (χ1) is 5.87. The van der Waals surface area contributed by atoms with Crippen LogP contribution in [-0.2, 0) is 9.59 Å². The van der Waals surface area contributed by atoms with E-state index in [9.17, 15) is 9.59 Å². The van der Waals surface area contributed by atoms with Gasteiger partial charge in [0.15, 0.2) is 0 Å². The van der Waals surface area contributed by atoms with Crippen LogP contribution in [0.2, 0.25) is 0 Å². The Morgan fingerprint density at radius 3 is 2.15 bits per heavy atom. The second-order valence-electron chi connectivity index (χ2n) is 2.00. The molecule has 0 heterocycles. The van der Waals surface area contributed by atoms with Crippen LogP contribution in [0.5, 0.6) is 0 Å². The summed E-state index contributed by atoms with van der Waals surface area (Å²) in [6, 6.07) is 0. The lowest BCUT2D eigenvalue weighted by Gasteiger charge is -2.28. The van der Waals surface area contributed by atoms with Gasteiger partial charge in [-0.2, -0.15) is 0 Å². The number of aliphatic hydroxyl groups is 1. The number of hydrogen-bond donors (Lipinski definition) is 2. The van der Waals surface area contributed by atoms with Crippen LogP contribution in [0.25, 0.3) is 0 Å². The second kappa shape index (κ2) is 4.85. The van der Waals surface area contributed by atoms with Crippen molar-refractivity contribution in [2.75, 3.05) is 12.6 Å². The van der Waals surface area contributed by atoms with Crippen LogP contribution in [0.3, 0.4) is 0 Å². The highest BCUT2D eigenvalue weighted by atomic mass is 35.5. The Balaban J connectivity index is 4.76. The molecule has 76 valence electrons. The number of rotatable bonds is 4. The van der Waals surface area contributed by atoms with Gasteiger partial charge in [-0.25, -0.2) is 0 Å². The van der Waals surface area contributed by atoms with Gasteiger partial charge < -0.3 is 10.8 Å². The molecule has 3 N–H and O–H groups in total. The first-order valence-corrected chi connectivity index (χ1v) is 4.32. The lowest BCUT2D eigenvalue weighted by atomic mass is 10.5. The second-order valence-corrected chi connectivity index (χ2v) is 3.56. The normalized spacial score (nSPS) is 11.1. The maximum atomic E-state index is 11.0. The van der Waals surface area contributed by atoms with E-state index in [1.54, 1.807) is 0 Å². The SMILES string of the molecule is NC(=O)C(Cl)(Cl)N(CO)C(=O)CCl. The van der Waals surface area contributed by atoms with Crippen molar-refractivity contribution in [3.8, 4) is 0 Å². The average molecular weight is 249 g/mol. The van der Waals surface area contributed by atoms with Gasteiger partial charge in [-0.15, -0.1) is 11.6 Å². The van der Waals surface area contributed by atoms with E-state index in [-0.39, 0.29) is 0 Å². The van der Waals surface area contributed by atoms with Crippen molar-refractivity contribution in [3.63, 3.8) is 0 Å². The minimum Gasteiger partial charge on any atom is -0.376 e. The van der Waals surface area contributed by atoms with Crippen LogP contribution in [0.4, 0.5) is 0 Å². The van der Waals surface area contributed by atoms with Gasteiger partial charge >= 0.3 is 0 Å². The molecule has 0 radical (unpaired) electrons. The molecule has 8 heteroatoms. The number of aliphatic hydroxyl groups excluding tert-OH is 1. The molecule has 0 aromatic carbocycles. The van der Waals surface area contributed by atoms with Crippen LogP contribution in [0, 0.1) is 0 Å². The van der Waals surface area contributed by atoms with Crippen molar-refractivity contribution in [2.45, 2.75) is 4.46 Å². The number of nitrogens with two attached hydrogens (primary N) is 1. The number of alkyl halides is 3. The summed E-state index contributed by atoms with van der Waals surface area (Å²) in [6.45, 7) is -0.846. The molecular formula is C5H7Cl3N2O3. The number of amides is 2. The summed E-state index contributed by atoms with van der Waals surface area (Å²) in [6.07, 6.45) is 0. The van der Waals surface area contributed by atoms with Crippen LogP contribution in [0.1, 0.15) is 0 Å². The van der Waals surface area contributed by atoms with Gasteiger partial charge in [-0.1, -0.05) is 23.2 Å². The average Bonchev–Trinajstić information content (AvgIpc) is 2.04. The fourth-order valence-electron chi connectivity index (χ4n) is 0.529. The third-order valence-corrected chi connectivity index (χ3v) is 2.20. The Labute approximate surface area is 89.3 Å². The molecule has 0 atom stereocenters. The summed E-state index contributed by atoms with van der Waals surface area (Å²) >= 11 is 15.9. The van der Waals surface area contributed by atoms with E-state index in [1.807, 2.05) is 0 Å². The Hall–Kier alpha value is -0.230. The zero-order chi connectivity index (χ0) is 10.6. The van der Waals surface area contributed by atoms with Crippen molar-refractivity contribution in [3.05, 3.63) is 0 Å². The molecule has 0 aliphatic rings. The van der Waals surface area contributed by atoms with E-state index < -0.39 is 28.9 Å². The number of carbonyl (C=O) groups excluding carboxylic acids is 2. The van der Waals surface area contributed by atoms with Crippen LogP contribution in [-0.4, -0.2) is 38.9 Å². The maximum Gasteiger partial charge on any atom is 0.275 e. The third-order valence-electron chi connectivity index (χ3n) is 1.19. The largest absolute Gasteiger partial charge is 0.376 e. The summed E-state index contributed by atoms with van der Waals surface area (Å²) in [5.74, 6) is -2.43. The minimum atomic E-state index is -2.28. The molecule has 0 unspecified atom stereocenters. The lowest BCUT2D eigenvalue weighted by molar-refractivity contribution is -0.140. The highest BCUT2D eigenvalue weighted by molar-refractivity contribution is 6.58. The van der Waals surface area contributed by atoms with Crippen molar-refractivity contribution in [1.82, 2.24) is 4.90 Å². The molecule has 2 amide bonds. The fourth-order valence-corrected chi connectivity index (χ4v) is 0.969.